The van der Waals surface area contributed by atoms with Crippen LogP contribution in [0.4, 0.5) is 4.79 Å². The fourth-order valence-corrected chi connectivity index (χ4v) is 0.722. The van der Waals surface area contributed by atoms with Crippen molar-refractivity contribution in [1.82, 2.24) is 10.2 Å². The Bertz CT molecular complexity index is 199. The van der Waals surface area contributed by atoms with Gasteiger partial charge in [-0.3, -0.25) is 4.79 Å². The Labute approximate surface area is 84.4 Å². The number of hydrogen-bond acceptors (Lipinski definition) is 3. The lowest BCUT2D eigenvalue weighted by Gasteiger charge is -2.24. The van der Waals surface area contributed by atoms with Gasteiger partial charge in [-0.1, -0.05) is 0 Å². The van der Waals surface area contributed by atoms with Crippen LogP contribution in [0.2, 0.25) is 0 Å². The van der Waals surface area contributed by atoms with Crippen LogP contribution in [0.25, 0.3) is 0 Å². The van der Waals surface area contributed by atoms with Crippen molar-refractivity contribution in [3.8, 4) is 0 Å². The Morgan fingerprint density at radius 3 is 2.50 bits per heavy atom. The Hall–Kier alpha value is -1.26. The van der Waals surface area contributed by atoms with Crippen molar-refractivity contribution in [2.24, 2.45) is 0 Å². The van der Waals surface area contributed by atoms with Gasteiger partial charge in [-0.2, -0.15) is 0 Å². The first-order valence-electron chi connectivity index (χ1n) is 4.48. The van der Waals surface area contributed by atoms with Crippen molar-refractivity contribution < 1.29 is 14.3 Å². The lowest BCUT2D eigenvalue weighted by atomic mass is 10.2. The number of nitrogens with zero attached hydrogens (tertiary/aromatic N) is 1. The van der Waals surface area contributed by atoms with Crippen LogP contribution in [0, 0.1) is 0 Å². The van der Waals surface area contributed by atoms with E-state index in [1.807, 2.05) is 20.8 Å². The van der Waals surface area contributed by atoms with Crippen LogP contribution < -0.4 is 5.32 Å². The lowest BCUT2D eigenvalue weighted by Crippen LogP contribution is -2.37. The summed E-state index contributed by atoms with van der Waals surface area (Å²) in [5, 5.41) is 2.47. The standard InChI is InChI=1S/C9H18N2O3/c1-9(2,3)14-8(13)11(4)6-5-10-7-12/h7H,5-6H2,1-4H3,(H,10,12). The fraction of sp³-hybridized carbons (Fsp3) is 0.778. The number of carbonyl (C=O) groups is 2. The molecule has 0 heterocycles. The number of rotatable bonds is 4. The van der Waals surface area contributed by atoms with Gasteiger partial charge in [0.2, 0.25) is 6.41 Å². The van der Waals surface area contributed by atoms with Gasteiger partial charge in [-0.05, 0) is 20.8 Å². The van der Waals surface area contributed by atoms with Crippen molar-refractivity contribution in [3.05, 3.63) is 0 Å². The first-order chi connectivity index (χ1) is 6.37. The number of carbonyl (C=O) groups excluding carboxylic acids is 2. The predicted octanol–water partition coefficient (Wildman–Crippen LogP) is 0.599. The second kappa shape index (κ2) is 5.47. The van der Waals surface area contributed by atoms with Crippen molar-refractivity contribution in [3.63, 3.8) is 0 Å². The van der Waals surface area contributed by atoms with Crippen molar-refractivity contribution >= 4 is 12.5 Å². The van der Waals surface area contributed by atoms with Crippen molar-refractivity contribution in [2.45, 2.75) is 26.4 Å². The van der Waals surface area contributed by atoms with Crippen molar-refractivity contribution in [1.29, 1.82) is 0 Å². The molecule has 82 valence electrons. The highest BCUT2D eigenvalue weighted by atomic mass is 16.6. The molecule has 2 amide bonds. The Morgan fingerprint density at radius 2 is 2.07 bits per heavy atom. The Kier molecular flexibility index (Phi) is 4.97. The largest absolute Gasteiger partial charge is 0.444 e. The van der Waals surface area contributed by atoms with Gasteiger partial charge >= 0.3 is 6.09 Å². The molecule has 0 bridgehead atoms. The zero-order valence-electron chi connectivity index (χ0n) is 9.16. The third-order valence-electron chi connectivity index (χ3n) is 1.38. The van der Waals surface area contributed by atoms with Crippen LogP contribution in [0.1, 0.15) is 20.8 Å². The van der Waals surface area contributed by atoms with Crippen LogP contribution in [0.3, 0.4) is 0 Å². The van der Waals surface area contributed by atoms with Crippen LogP contribution in [0.15, 0.2) is 0 Å². The van der Waals surface area contributed by atoms with Gasteiger partial charge in [0.15, 0.2) is 0 Å². The van der Waals surface area contributed by atoms with Gasteiger partial charge in [-0.25, -0.2) is 4.79 Å². The van der Waals surface area contributed by atoms with Gasteiger partial charge < -0.3 is 15.0 Å². The maximum absolute atomic E-state index is 11.3. The summed E-state index contributed by atoms with van der Waals surface area (Å²) in [6.07, 6.45) is 0.216. The molecule has 5 heteroatoms. The maximum Gasteiger partial charge on any atom is 0.410 e. The van der Waals surface area contributed by atoms with E-state index < -0.39 is 5.60 Å². The van der Waals surface area contributed by atoms with Crippen molar-refractivity contribution in [2.75, 3.05) is 20.1 Å². The third kappa shape index (κ3) is 6.28. The zero-order chi connectivity index (χ0) is 11.2. The number of hydrogen-bond donors (Lipinski definition) is 1. The van der Waals surface area contributed by atoms with E-state index in [2.05, 4.69) is 5.32 Å². The summed E-state index contributed by atoms with van der Waals surface area (Å²) in [6, 6.07) is 0. The van der Waals surface area contributed by atoms with E-state index in [9.17, 15) is 9.59 Å². The molecule has 0 aliphatic rings. The maximum atomic E-state index is 11.3. The van der Waals surface area contributed by atoms with Crippen LogP contribution in [0.5, 0.6) is 0 Å². The van der Waals surface area contributed by atoms with Crippen LogP contribution in [-0.2, 0) is 9.53 Å². The minimum Gasteiger partial charge on any atom is -0.444 e. The first-order valence-corrected chi connectivity index (χ1v) is 4.48. The number of amides is 2. The molecule has 0 saturated heterocycles. The highest BCUT2D eigenvalue weighted by molar-refractivity contribution is 5.67. The minimum absolute atomic E-state index is 0.384. The molecule has 0 aromatic carbocycles. The summed E-state index contributed by atoms with van der Waals surface area (Å²) in [7, 11) is 1.63. The molecular weight excluding hydrogens is 184 g/mol. The van der Waals surface area contributed by atoms with E-state index in [4.69, 9.17) is 4.74 Å². The molecule has 14 heavy (non-hydrogen) atoms. The summed E-state index contributed by atoms with van der Waals surface area (Å²) in [6.45, 7) is 6.29. The normalized spacial score (nSPS) is 10.6. The first kappa shape index (κ1) is 12.7. The fourth-order valence-electron chi connectivity index (χ4n) is 0.722. The Morgan fingerprint density at radius 1 is 1.50 bits per heavy atom. The van der Waals surface area contributed by atoms with E-state index >= 15 is 0 Å². The summed E-state index contributed by atoms with van der Waals surface area (Å²) in [4.78, 5) is 22.7. The molecule has 0 saturated carbocycles. The van der Waals surface area contributed by atoms with E-state index in [0.29, 0.717) is 19.5 Å². The Balaban J connectivity index is 3.82. The SMILES string of the molecule is CN(CCNC=O)C(=O)OC(C)(C)C. The van der Waals surface area contributed by atoms with E-state index in [1.54, 1.807) is 7.05 Å². The summed E-state index contributed by atoms with van der Waals surface area (Å²) >= 11 is 0. The summed E-state index contributed by atoms with van der Waals surface area (Å²) in [5.74, 6) is 0. The van der Waals surface area contributed by atoms with E-state index in [-0.39, 0.29) is 6.09 Å². The quantitative estimate of drug-likeness (QED) is 0.536. The second-order valence-corrected chi connectivity index (χ2v) is 3.97. The average molecular weight is 202 g/mol. The molecule has 1 N–H and O–H groups in total. The second-order valence-electron chi connectivity index (χ2n) is 3.97. The van der Waals surface area contributed by atoms with Crippen LogP contribution in [-0.4, -0.2) is 43.1 Å². The molecule has 0 aromatic heterocycles. The van der Waals surface area contributed by atoms with Gasteiger partial charge in [0.05, 0.1) is 0 Å². The molecule has 0 atom stereocenters. The molecule has 5 nitrogen and oxygen atoms in total. The van der Waals surface area contributed by atoms with Crippen LogP contribution >= 0.6 is 0 Å². The smallest absolute Gasteiger partial charge is 0.410 e. The molecule has 0 aliphatic carbocycles. The van der Waals surface area contributed by atoms with Gasteiger partial charge in [0, 0.05) is 20.1 Å². The summed E-state index contributed by atoms with van der Waals surface area (Å²) in [5.41, 5.74) is -0.483. The molecule has 0 radical (unpaired) electrons. The number of likely N-dealkylation sites (N-methyl/N-ethyl adjacent to an activating group) is 1. The molecular formula is C9H18N2O3. The van der Waals surface area contributed by atoms with Gasteiger partial charge in [-0.15, -0.1) is 0 Å². The lowest BCUT2D eigenvalue weighted by molar-refractivity contribution is -0.109. The molecule has 0 aromatic rings. The molecule has 0 spiro atoms. The molecule has 0 fully saturated rings. The van der Waals surface area contributed by atoms with E-state index in [0.717, 1.165) is 0 Å². The predicted molar refractivity (Wildman–Crippen MR) is 52.9 cm³/mol. The minimum atomic E-state index is -0.483. The van der Waals surface area contributed by atoms with Gasteiger partial charge in [0.1, 0.15) is 5.60 Å². The van der Waals surface area contributed by atoms with E-state index in [1.165, 1.54) is 4.90 Å². The molecule has 0 unspecified atom stereocenters. The topological polar surface area (TPSA) is 58.6 Å². The monoisotopic (exact) mass is 202 g/mol. The number of ether oxygens (including phenoxy) is 1. The summed E-state index contributed by atoms with van der Waals surface area (Å²) < 4.78 is 5.10. The average Bonchev–Trinajstić information content (AvgIpc) is 2.01. The molecule has 0 rings (SSSR count). The zero-order valence-corrected chi connectivity index (χ0v) is 9.16. The molecule has 0 aliphatic heterocycles. The third-order valence-corrected chi connectivity index (χ3v) is 1.38. The van der Waals surface area contributed by atoms with Gasteiger partial charge in [0.25, 0.3) is 0 Å². The highest BCUT2D eigenvalue weighted by Gasteiger charge is 2.18. The number of nitrogens with one attached hydrogen (secondary N) is 1. The highest BCUT2D eigenvalue weighted by Crippen LogP contribution is 2.08.